The quantitative estimate of drug-likeness (QED) is 0.352. The molecule has 21 heavy (non-hydrogen) atoms. The lowest BCUT2D eigenvalue weighted by Crippen LogP contribution is -2.43. The molecule has 0 spiro atoms. The first-order chi connectivity index (χ1) is 9.95. The van der Waals surface area contributed by atoms with Crippen LogP contribution in [0.2, 0.25) is 0 Å². The molecule has 2 atom stereocenters. The molecule has 0 fully saturated rings. The number of nitrogens with zero attached hydrogens (tertiary/aromatic N) is 2. The van der Waals surface area contributed by atoms with Crippen molar-refractivity contribution < 1.29 is 29.4 Å². The number of hydrogen-bond donors (Lipinski definition) is 3. The predicted octanol–water partition coefficient (Wildman–Crippen LogP) is 0.000800. The van der Waals surface area contributed by atoms with E-state index in [9.17, 15) is 19.5 Å². The normalized spacial score (nSPS) is 12.8. The molecular formula is C12H13N3O5S. The molecule has 1 aromatic heterocycles. The van der Waals surface area contributed by atoms with Crippen molar-refractivity contribution in [2.45, 2.75) is 25.0 Å². The fourth-order valence-corrected chi connectivity index (χ4v) is 2.18. The molecule has 1 heterocycles. The van der Waals surface area contributed by atoms with Crippen LogP contribution in [0.15, 0.2) is 16.8 Å². The van der Waals surface area contributed by atoms with Crippen molar-refractivity contribution in [3.05, 3.63) is 27.9 Å². The lowest BCUT2D eigenvalue weighted by Gasteiger charge is -2.16. The van der Waals surface area contributed by atoms with Crippen molar-refractivity contribution in [1.29, 1.82) is 0 Å². The van der Waals surface area contributed by atoms with Crippen LogP contribution in [0.5, 0.6) is 0 Å². The van der Waals surface area contributed by atoms with Gasteiger partial charge in [0.1, 0.15) is 6.04 Å². The van der Waals surface area contributed by atoms with Crippen molar-refractivity contribution in [1.82, 2.24) is 5.32 Å². The van der Waals surface area contributed by atoms with Crippen molar-refractivity contribution in [3.63, 3.8) is 0 Å². The number of aliphatic carboxylic acids is 1. The highest BCUT2D eigenvalue weighted by atomic mass is 32.1. The first kappa shape index (κ1) is 16.7. The third kappa shape index (κ3) is 5.27. The van der Waals surface area contributed by atoms with Crippen LogP contribution in [0.3, 0.4) is 0 Å². The first-order valence-corrected chi connectivity index (χ1v) is 6.83. The van der Waals surface area contributed by atoms with E-state index in [1.807, 2.05) is 0 Å². The van der Waals surface area contributed by atoms with Gasteiger partial charge in [0.25, 0.3) is 5.91 Å². The van der Waals surface area contributed by atoms with E-state index in [1.54, 1.807) is 16.8 Å². The zero-order chi connectivity index (χ0) is 15.8. The van der Waals surface area contributed by atoms with E-state index in [-0.39, 0.29) is 12.8 Å². The number of carbonyl (C=O) groups excluding carboxylic acids is 2. The summed E-state index contributed by atoms with van der Waals surface area (Å²) in [5.41, 5.74) is 8.53. The zero-order valence-electron chi connectivity index (χ0n) is 10.8. The number of hydrogen-bond acceptors (Lipinski definition) is 5. The predicted molar refractivity (Wildman–Crippen MR) is 72.8 cm³/mol. The Balaban J connectivity index is 2.61. The lowest BCUT2D eigenvalue weighted by molar-refractivity contribution is -0.143. The Kier molecular flexibility index (Phi) is 6.41. The second-order valence-electron chi connectivity index (χ2n) is 4.11. The van der Waals surface area contributed by atoms with Crippen LogP contribution >= 0.6 is 11.3 Å². The Morgan fingerprint density at radius 3 is 2.71 bits per heavy atom. The van der Waals surface area contributed by atoms with Gasteiger partial charge in [0.2, 0.25) is 5.78 Å². The van der Waals surface area contributed by atoms with Crippen LogP contribution in [0.1, 0.15) is 24.5 Å². The van der Waals surface area contributed by atoms with E-state index in [2.05, 4.69) is 10.1 Å². The van der Waals surface area contributed by atoms with E-state index >= 15 is 0 Å². The Labute approximate surface area is 123 Å². The topological polar surface area (TPSA) is 140 Å². The van der Waals surface area contributed by atoms with Gasteiger partial charge in [0.05, 0.1) is 0 Å². The van der Waals surface area contributed by atoms with E-state index in [0.717, 1.165) is 0 Å². The molecule has 0 saturated carbocycles. The SMILES string of the molecule is [N-]=[N+]=CC(=O)CC[C@H](NC(=O)[C@@H](O)c1ccsc1)C(=O)O. The molecule has 0 aliphatic carbocycles. The van der Waals surface area contributed by atoms with Gasteiger partial charge in [-0.3, -0.25) is 9.59 Å². The van der Waals surface area contributed by atoms with Crippen molar-refractivity contribution >= 4 is 35.2 Å². The largest absolute Gasteiger partial charge is 0.480 e. The summed E-state index contributed by atoms with van der Waals surface area (Å²) in [6.45, 7) is 0. The fourth-order valence-electron chi connectivity index (χ4n) is 1.51. The van der Waals surface area contributed by atoms with Crippen LogP contribution in [0, 0.1) is 0 Å². The molecule has 0 bridgehead atoms. The average Bonchev–Trinajstić information content (AvgIpc) is 2.96. The van der Waals surface area contributed by atoms with Crippen molar-refractivity contribution in [3.8, 4) is 0 Å². The van der Waals surface area contributed by atoms with Gasteiger partial charge in [-0.15, -0.1) is 0 Å². The summed E-state index contributed by atoms with van der Waals surface area (Å²) in [4.78, 5) is 36.4. The minimum absolute atomic E-state index is 0.178. The summed E-state index contributed by atoms with van der Waals surface area (Å²) in [6.07, 6.45) is -1.20. The maximum Gasteiger partial charge on any atom is 0.326 e. The van der Waals surface area contributed by atoms with Crippen LogP contribution in [-0.4, -0.2) is 44.9 Å². The minimum atomic E-state index is -1.46. The molecule has 0 aliphatic rings. The summed E-state index contributed by atoms with van der Waals surface area (Å²) in [5, 5.41) is 24.1. The Morgan fingerprint density at radius 1 is 1.48 bits per heavy atom. The second kappa shape index (κ2) is 8.05. The maximum absolute atomic E-state index is 11.8. The third-order valence-electron chi connectivity index (χ3n) is 2.60. The molecule has 1 rings (SSSR count). The fraction of sp³-hybridized carbons (Fsp3) is 0.333. The van der Waals surface area contributed by atoms with E-state index in [1.165, 1.54) is 11.3 Å². The summed E-state index contributed by atoms with van der Waals surface area (Å²) in [7, 11) is 0. The molecule has 8 nitrogen and oxygen atoms in total. The van der Waals surface area contributed by atoms with E-state index in [4.69, 9.17) is 10.6 Å². The van der Waals surface area contributed by atoms with Gasteiger partial charge in [-0.1, -0.05) is 0 Å². The first-order valence-electron chi connectivity index (χ1n) is 5.89. The van der Waals surface area contributed by atoms with Crippen molar-refractivity contribution in [2.75, 3.05) is 0 Å². The molecule has 0 aromatic carbocycles. The molecular weight excluding hydrogens is 298 g/mol. The van der Waals surface area contributed by atoms with Gasteiger partial charge in [-0.05, 0) is 23.2 Å². The van der Waals surface area contributed by atoms with Gasteiger partial charge >= 0.3 is 12.2 Å². The summed E-state index contributed by atoms with van der Waals surface area (Å²) < 4.78 is 0. The molecule has 3 N–H and O–H groups in total. The number of ketones is 1. The number of carbonyl (C=O) groups is 3. The number of rotatable bonds is 8. The van der Waals surface area contributed by atoms with Crippen LogP contribution in [-0.2, 0) is 14.4 Å². The average molecular weight is 311 g/mol. The molecule has 0 aliphatic heterocycles. The smallest absolute Gasteiger partial charge is 0.326 e. The summed E-state index contributed by atoms with van der Waals surface area (Å²) in [5.74, 6) is -2.75. The second-order valence-corrected chi connectivity index (χ2v) is 4.89. The standard InChI is InChI=1S/C12H13N3O5S/c13-14-5-8(16)1-2-9(12(19)20)15-11(18)10(17)7-3-4-21-6-7/h3-6,9-10,17H,1-2H2,(H,15,18)(H,19,20)/t9-,10-/m0/s1. The Hall–Kier alpha value is -2.35. The molecule has 0 saturated heterocycles. The number of carboxylic acid groups (broad SMARTS) is 1. The van der Waals surface area contributed by atoms with Crippen LogP contribution in [0.4, 0.5) is 0 Å². The summed E-state index contributed by atoms with van der Waals surface area (Å²) in [6, 6.07) is 0.230. The number of nitrogens with one attached hydrogen (secondary N) is 1. The van der Waals surface area contributed by atoms with E-state index < -0.39 is 29.8 Å². The van der Waals surface area contributed by atoms with Crippen LogP contribution < -0.4 is 5.32 Å². The molecule has 1 amide bonds. The van der Waals surface area contributed by atoms with Gasteiger partial charge in [-0.2, -0.15) is 16.1 Å². The number of Topliss-reactive ketones (excluding diaryl/α,β-unsaturated/α-hetero) is 1. The number of carboxylic acids is 1. The molecule has 9 heteroatoms. The molecule has 1 aromatic rings. The highest BCUT2D eigenvalue weighted by Crippen LogP contribution is 2.16. The number of aliphatic hydroxyl groups excluding tert-OH is 1. The number of amides is 1. The number of thiophene rings is 1. The maximum atomic E-state index is 11.8. The molecule has 112 valence electrons. The van der Waals surface area contributed by atoms with E-state index in [0.29, 0.717) is 11.8 Å². The summed E-state index contributed by atoms with van der Waals surface area (Å²) >= 11 is 1.29. The molecule has 0 unspecified atom stereocenters. The third-order valence-corrected chi connectivity index (χ3v) is 3.30. The monoisotopic (exact) mass is 311 g/mol. The van der Waals surface area contributed by atoms with Crippen LogP contribution in [0.25, 0.3) is 5.53 Å². The van der Waals surface area contributed by atoms with Gasteiger partial charge in [-0.25, -0.2) is 4.79 Å². The van der Waals surface area contributed by atoms with Gasteiger partial charge < -0.3 is 21.1 Å². The molecule has 0 radical (unpaired) electrons. The highest BCUT2D eigenvalue weighted by Gasteiger charge is 2.25. The zero-order valence-corrected chi connectivity index (χ0v) is 11.6. The minimum Gasteiger partial charge on any atom is -0.480 e. The number of aliphatic hydroxyl groups is 1. The Bertz CT molecular complexity index is 565. The Morgan fingerprint density at radius 2 is 2.19 bits per heavy atom. The highest BCUT2D eigenvalue weighted by molar-refractivity contribution is 7.08. The van der Waals surface area contributed by atoms with Crippen molar-refractivity contribution in [2.24, 2.45) is 0 Å². The van der Waals surface area contributed by atoms with Gasteiger partial charge in [0, 0.05) is 12.0 Å². The lowest BCUT2D eigenvalue weighted by atomic mass is 10.1. The van der Waals surface area contributed by atoms with Gasteiger partial charge in [0.15, 0.2) is 6.10 Å².